The van der Waals surface area contributed by atoms with Gasteiger partial charge in [0.05, 0.1) is 5.69 Å². The Balaban J connectivity index is 1.68. The molecule has 3 rings (SSSR count). The zero-order valence-corrected chi connectivity index (χ0v) is 12.8. The van der Waals surface area contributed by atoms with Crippen LogP contribution in [-0.4, -0.2) is 29.6 Å². The molecular weight excluding hydrogens is 312 g/mol. The Morgan fingerprint density at radius 2 is 2.17 bits per heavy atom. The molecule has 1 saturated heterocycles. The molecule has 0 spiro atoms. The van der Waals surface area contributed by atoms with E-state index >= 15 is 0 Å². The second kappa shape index (κ2) is 5.03. The minimum absolute atomic E-state index is 0.537. The van der Waals surface area contributed by atoms with Gasteiger partial charge in [0.15, 0.2) is 0 Å². The van der Waals surface area contributed by atoms with Crippen molar-refractivity contribution in [3.63, 3.8) is 0 Å². The van der Waals surface area contributed by atoms with Crippen LogP contribution in [0.1, 0.15) is 26.2 Å². The van der Waals surface area contributed by atoms with Gasteiger partial charge in [-0.25, -0.2) is 0 Å². The molecule has 1 aromatic rings. The molecule has 0 radical (unpaired) electrons. The van der Waals surface area contributed by atoms with Crippen LogP contribution in [0.4, 0.5) is 5.69 Å². The molecule has 1 heterocycles. The summed E-state index contributed by atoms with van der Waals surface area (Å²) >= 11 is 9.62. The van der Waals surface area contributed by atoms with E-state index in [4.69, 9.17) is 11.6 Å². The fourth-order valence-corrected chi connectivity index (χ4v) is 3.44. The van der Waals surface area contributed by atoms with E-state index in [0.29, 0.717) is 12.1 Å². The molecule has 0 aromatic heterocycles. The molecule has 2 nitrogen and oxygen atoms in total. The third-order valence-electron chi connectivity index (χ3n) is 3.93. The zero-order valence-electron chi connectivity index (χ0n) is 10.5. The second-order valence-corrected chi connectivity index (χ2v) is 6.77. The van der Waals surface area contributed by atoms with Gasteiger partial charge in [-0.1, -0.05) is 11.6 Å². The predicted octanol–water partition coefficient (Wildman–Crippen LogP) is 4.14. The summed E-state index contributed by atoms with van der Waals surface area (Å²) in [4.78, 5) is 2.65. The lowest BCUT2D eigenvalue weighted by atomic mass is 10.2. The van der Waals surface area contributed by atoms with Gasteiger partial charge in [0.25, 0.3) is 0 Å². The van der Waals surface area contributed by atoms with Crippen LogP contribution in [0.15, 0.2) is 22.7 Å². The van der Waals surface area contributed by atoms with Crippen LogP contribution in [-0.2, 0) is 0 Å². The molecule has 0 amide bonds. The maximum Gasteiger partial charge on any atom is 0.0502 e. The lowest BCUT2D eigenvalue weighted by Crippen LogP contribution is -2.31. The predicted molar refractivity (Wildman–Crippen MR) is 80.4 cm³/mol. The zero-order chi connectivity index (χ0) is 12.7. The van der Waals surface area contributed by atoms with E-state index in [0.717, 1.165) is 27.8 Å². The first-order valence-corrected chi connectivity index (χ1v) is 7.78. The van der Waals surface area contributed by atoms with Crippen LogP contribution >= 0.6 is 27.5 Å². The maximum absolute atomic E-state index is 6.05. The number of nitrogens with one attached hydrogen (secondary N) is 1. The molecule has 2 aliphatic rings. The Bertz CT molecular complexity index is 447. The maximum atomic E-state index is 6.05. The summed E-state index contributed by atoms with van der Waals surface area (Å²) < 4.78 is 1.09. The molecule has 98 valence electrons. The summed E-state index contributed by atoms with van der Waals surface area (Å²) in [7, 11) is 0. The quantitative estimate of drug-likeness (QED) is 0.896. The van der Waals surface area contributed by atoms with Crippen LogP contribution in [0.25, 0.3) is 0 Å². The molecule has 1 aliphatic carbocycles. The Hall–Kier alpha value is -0.250. The Morgan fingerprint density at radius 1 is 1.39 bits per heavy atom. The summed E-state index contributed by atoms with van der Waals surface area (Å²) in [5.74, 6) is 0. The molecule has 2 unspecified atom stereocenters. The van der Waals surface area contributed by atoms with Gasteiger partial charge in [-0.05, 0) is 60.3 Å². The van der Waals surface area contributed by atoms with E-state index in [2.05, 4.69) is 33.1 Å². The van der Waals surface area contributed by atoms with E-state index in [9.17, 15) is 0 Å². The first kappa shape index (κ1) is 12.8. The van der Waals surface area contributed by atoms with Crippen molar-refractivity contribution in [1.82, 2.24) is 4.90 Å². The van der Waals surface area contributed by atoms with Crippen LogP contribution in [0.2, 0.25) is 5.02 Å². The van der Waals surface area contributed by atoms with Crippen molar-refractivity contribution in [3.05, 3.63) is 27.7 Å². The van der Waals surface area contributed by atoms with Crippen LogP contribution < -0.4 is 5.32 Å². The van der Waals surface area contributed by atoms with Crippen LogP contribution in [0, 0.1) is 0 Å². The van der Waals surface area contributed by atoms with Gasteiger partial charge in [0, 0.05) is 34.2 Å². The standard InChI is InChI=1S/C14H18BrClN2/c1-9-6-11(8-18(9)12-3-4-12)17-14-7-10(16)2-5-13(14)15/h2,5,7,9,11-12,17H,3-4,6,8H2,1H3. The Kier molecular flexibility index (Phi) is 3.57. The van der Waals surface area contributed by atoms with Crippen molar-refractivity contribution < 1.29 is 0 Å². The van der Waals surface area contributed by atoms with Crippen molar-refractivity contribution in [3.8, 4) is 0 Å². The second-order valence-electron chi connectivity index (χ2n) is 5.48. The van der Waals surface area contributed by atoms with Gasteiger partial charge in [-0.15, -0.1) is 0 Å². The van der Waals surface area contributed by atoms with Crippen molar-refractivity contribution in [2.45, 2.75) is 44.3 Å². The third-order valence-corrected chi connectivity index (χ3v) is 4.85. The molecule has 2 fully saturated rings. The minimum atomic E-state index is 0.537. The first-order valence-electron chi connectivity index (χ1n) is 6.61. The van der Waals surface area contributed by atoms with E-state index in [1.54, 1.807) is 0 Å². The molecule has 0 bridgehead atoms. The fourth-order valence-electron chi connectivity index (χ4n) is 2.90. The highest BCUT2D eigenvalue weighted by molar-refractivity contribution is 9.10. The fraction of sp³-hybridized carbons (Fsp3) is 0.571. The molecule has 1 N–H and O–H groups in total. The molecule has 18 heavy (non-hydrogen) atoms. The Morgan fingerprint density at radius 3 is 2.89 bits per heavy atom. The van der Waals surface area contributed by atoms with Gasteiger partial charge < -0.3 is 5.32 Å². The molecule has 1 aromatic carbocycles. The number of hydrogen-bond acceptors (Lipinski definition) is 2. The number of anilines is 1. The number of likely N-dealkylation sites (tertiary alicyclic amines) is 1. The summed E-state index contributed by atoms with van der Waals surface area (Å²) in [6.45, 7) is 3.50. The van der Waals surface area contributed by atoms with Crippen LogP contribution in [0.3, 0.4) is 0 Å². The number of rotatable bonds is 3. The van der Waals surface area contributed by atoms with Gasteiger partial charge in [-0.2, -0.15) is 0 Å². The summed E-state index contributed by atoms with van der Waals surface area (Å²) in [6.07, 6.45) is 3.99. The third kappa shape index (κ3) is 2.68. The van der Waals surface area contributed by atoms with Crippen molar-refractivity contribution in [2.24, 2.45) is 0 Å². The van der Waals surface area contributed by atoms with E-state index in [-0.39, 0.29) is 0 Å². The average molecular weight is 330 g/mol. The number of hydrogen-bond donors (Lipinski definition) is 1. The van der Waals surface area contributed by atoms with Gasteiger partial charge in [0.2, 0.25) is 0 Å². The monoisotopic (exact) mass is 328 g/mol. The largest absolute Gasteiger partial charge is 0.380 e. The van der Waals surface area contributed by atoms with E-state index < -0.39 is 0 Å². The summed E-state index contributed by atoms with van der Waals surface area (Å²) in [6, 6.07) is 8.00. The number of nitrogens with zero attached hydrogens (tertiary/aromatic N) is 1. The van der Waals surface area contributed by atoms with E-state index in [1.807, 2.05) is 18.2 Å². The molecular formula is C14H18BrClN2. The minimum Gasteiger partial charge on any atom is -0.380 e. The lowest BCUT2D eigenvalue weighted by Gasteiger charge is -2.20. The molecule has 1 saturated carbocycles. The van der Waals surface area contributed by atoms with Crippen molar-refractivity contribution in [1.29, 1.82) is 0 Å². The lowest BCUT2D eigenvalue weighted by molar-refractivity contribution is 0.257. The highest BCUT2D eigenvalue weighted by Crippen LogP contribution is 2.35. The van der Waals surface area contributed by atoms with Crippen LogP contribution in [0.5, 0.6) is 0 Å². The van der Waals surface area contributed by atoms with Gasteiger partial charge in [0.1, 0.15) is 0 Å². The molecule has 2 atom stereocenters. The topological polar surface area (TPSA) is 15.3 Å². The molecule has 1 aliphatic heterocycles. The highest BCUT2D eigenvalue weighted by atomic mass is 79.9. The van der Waals surface area contributed by atoms with E-state index in [1.165, 1.54) is 19.3 Å². The first-order chi connectivity index (χ1) is 8.63. The number of halogens is 2. The SMILES string of the molecule is CC1CC(Nc2cc(Cl)ccc2Br)CN1C1CC1. The highest BCUT2D eigenvalue weighted by Gasteiger charge is 2.38. The smallest absolute Gasteiger partial charge is 0.0502 e. The van der Waals surface area contributed by atoms with Crippen molar-refractivity contribution >= 4 is 33.2 Å². The number of benzene rings is 1. The van der Waals surface area contributed by atoms with Crippen molar-refractivity contribution in [2.75, 3.05) is 11.9 Å². The average Bonchev–Trinajstić information content (AvgIpc) is 3.09. The van der Waals surface area contributed by atoms with Gasteiger partial charge in [-0.3, -0.25) is 4.90 Å². The summed E-state index contributed by atoms with van der Waals surface area (Å²) in [5.41, 5.74) is 1.11. The normalized spacial score (nSPS) is 28.6. The Labute approximate surface area is 122 Å². The van der Waals surface area contributed by atoms with Gasteiger partial charge >= 0.3 is 0 Å². The molecule has 4 heteroatoms. The summed E-state index contributed by atoms with van der Waals surface area (Å²) in [5, 5.41) is 4.40.